The molecule has 1 amide bonds. The molecule has 1 aromatic rings. The molecule has 0 aromatic heterocycles. The second-order valence-corrected chi connectivity index (χ2v) is 4.68. The van der Waals surface area contributed by atoms with Gasteiger partial charge >= 0.3 is 5.97 Å². The lowest BCUT2D eigenvalue weighted by Gasteiger charge is -2.25. The number of carboxylic acid groups (broad SMARTS) is 1. The number of amides is 1. The molecule has 0 saturated carbocycles. The van der Waals surface area contributed by atoms with Crippen LogP contribution in [0.15, 0.2) is 18.2 Å². The average molecular weight is 279 g/mol. The molecule has 1 aliphatic heterocycles. The summed E-state index contributed by atoms with van der Waals surface area (Å²) in [5.74, 6) is -0.979. The zero-order valence-corrected chi connectivity index (χ0v) is 11.6. The van der Waals surface area contributed by atoms with Crippen molar-refractivity contribution in [3.05, 3.63) is 23.8 Å². The molecule has 1 saturated heterocycles. The van der Waals surface area contributed by atoms with Gasteiger partial charge in [0.05, 0.1) is 26.2 Å². The van der Waals surface area contributed by atoms with Crippen LogP contribution in [0.1, 0.15) is 18.0 Å². The number of aliphatic carboxylic acids is 1. The minimum atomic E-state index is -0.988. The smallest absolute Gasteiger partial charge is 0.309 e. The van der Waals surface area contributed by atoms with E-state index in [-0.39, 0.29) is 12.3 Å². The molecule has 0 spiro atoms. The Kier molecular flexibility index (Phi) is 3.83. The van der Waals surface area contributed by atoms with Gasteiger partial charge < -0.3 is 19.5 Å². The molecular formula is C14H17NO5. The van der Waals surface area contributed by atoms with E-state index in [0.29, 0.717) is 17.1 Å². The van der Waals surface area contributed by atoms with E-state index < -0.39 is 17.9 Å². The first-order valence-corrected chi connectivity index (χ1v) is 6.20. The van der Waals surface area contributed by atoms with Crippen molar-refractivity contribution in [1.82, 2.24) is 4.90 Å². The van der Waals surface area contributed by atoms with Gasteiger partial charge in [-0.25, -0.2) is 0 Å². The van der Waals surface area contributed by atoms with Gasteiger partial charge in [-0.2, -0.15) is 0 Å². The van der Waals surface area contributed by atoms with Gasteiger partial charge in [-0.05, 0) is 6.07 Å². The zero-order chi connectivity index (χ0) is 14.9. The van der Waals surface area contributed by atoms with Crippen molar-refractivity contribution in [3.63, 3.8) is 0 Å². The third-order valence-corrected chi connectivity index (χ3v) is 3.66. The molecule has 0 bridgehead atoms. The Morgan fingerprint density at radius 3 is 2.60 bits per heavy atom. The molecule has 20 heavy (non-hydrogen) atoms. The summed E-state index contributed by atoms with van der Waals surface area (Å²) in [4.78, 5) is 24.7. The number of carboxylic acids is 1. The lowest BCUT2D eigenvalue weighted by Crippen LogP contribution is -2.27. The van der Waals surface area contributed by atoms with Crippen molar-refractivity contribution in [1.29, 1.82) is 0 Å². The highest BCUT2D eigenvalue weighted by molar-refractivity contribution is 5.87. The molecule has 1 heterocycles. The van der Waals surface area contributed by atoms with Crippen LogP contribution >= 0.6 is 0 Å². The van der Waals surface area contributed by atoms with Crippen LogP contribution in [0, 0.1) is 5.92 Å². The molecule has 108 valence electrons. The summed E-state index contributed by atoms with van der Waals surface area (Å²) in [5.41, 5.74) is 0.646. The van der Waals surface area contributed by atoms with E-state index in [1.807, 2.05) is 0 Å². The standard InChI is InChI=1S/C14H17NO5/c1-15-11(16)7-9(14(17)18)12(15)8-5-4-6-10(19-2)13(8)20-3/h4-6,9,12H,7H2,1-3H3,(H,17,18)/t9-,12+/m1/s1. The van der Waals surface area contributed by atoms with Crippen molar-refractivity contribution in [2.24, 2.45) is 5.92 Å². The molecular weight excluding hydrogens is 262 g/mol. The Labute approximate surface area is 116 Å². The number of carbonyl (C=O) groups excluding carboxylic acids is 1. The molecule has 0 unspecified atom stereocenters. The van der Waals surface area contributed by atoms with Gasteiger partial charge in [0.15, 0.2) is 11.5 Å². The zero-order valence-electron chi connectivity index (χ0n) is 11.6. The van der Waals surface area contributed by atoms with Gasteiger partial charge in [0.25, 0.3) is 0 Å². The van der Waals surface area contributed by atoms with Crippen LogP contribution in [0.2, 0.25) is 0 Å². The molecule has 1 fully saturated rings. The second-order valence-electron chi connectivity index (χ2n) is 4.68. The molecule has 0 radical (unpaired) electrons. The van der Waals surface area contributed by atoms with Crippen LogP contribution < -0.4 is 9.47 Å². The van der Waals surface area contributed by atoms with E-state index >= 15 is 0 Å². The number of benzene rings is 1. The Bertz CT molecular complexity index is 542. The maximum atomic E-state index is 11.8. The summed E-state index contributed by atoms with van der Waals surface area (Å²) in [7, 11) is 4.61. The highest BCUT2D eigenvalue weighted by Crippen LogP contribution is 2.44. The molecule has 2 rings (SSSR count). The van der Waals surface area contributed by atoms with Gasteiger partial charge in [-0.3, -0.25) is 9.59 Å². The summed E-state index contributed by atoms with van der Waals surface area (Å²) >= 11 is 0. The van der Waals surface area contributed by atoms with Crippen LogP contribution in [0.25, 0.3) is 0 Å². The number of hydrogen-bond acceptors (Lipinski definition) is 4. The van der Waals surface area contributed by atoms with Gasteiger partial charge in [-0.1, -0.05) is 12.1 Å². The molecule has 0 aliphatic carbocycles. The SMILES string of the molecule is COc1cccc([C@H]2[C@H](C(=O)O)CC(=O)N2C)c1OC. The number of hydrogen-bond donors (Lipinski definition) is 1. The number of nitrogens with zero attached hydrogens (tertiary/aromatic N) is 1. The molecule has 1 aliphatic rings. The second kappa shape index (κ2) is 5.40. The fourth-order valence-corrected chi connectivity index (χ4v) is 2.66. The van der Waals surface area contributed by atoms with E-state index in [4.69, 9.17) is 9.47 Å². The largest absolute Gasteiger partial charge is 0.493 e. The van der Waals surface area contributed by atoms with E-state index in [2.05, 4.69) is 0 Å². The van der Waals surface area contributed by atoms with Gasteiger partial charge in [-0.15, -0.1) is 0 Å². The van der Waals surface area contributed by atoms with Crippen LogP contribution in [0.5, 0.6) is 11.5 Å². The lowest BCUT2D eigenvalue weighted by atomic mass is 9.93. The number of carbonyl (C=O) groups is 2. The van der Waals surface area contributed by atoms with E-state index in [1.165, 1.54) is 19.1 Å². The summed E-state index contributed by atoms with van der Waals surface area (Å²) < 4.78 is 10.6. The Morgan fingerprint density at radius 1 is 1.35 bits per heavy atom. The average Bonchev–Trinajstić information content (AvgIpc) is 2.74. The number of methoxy groups -OCH3 is 2. The monoisotopic (exact) mass is 279 g/mol. The highest BCUT2D eigenvalue weighted by atomic mass is 16.5. The minimum Gasteiger partial charge on any atom is -0.493 e. The predicted octanol–water partition coefficient (Wildman–Crippen LogP) is 1.31. The maximum Gasteiger partial charge on any atom is 0.309 e. The van der Waals surface area contributed by atoms with Crippen LogP contribution in [-0.4, -0.2) is 43.2 Å². The van der Waals surface area contributed by atoms with Crippen molar-refractivity contribution in [2.75, 3.05) is 21.3 Å². The first kappa shape index (κ1) is 14.2. The van der Waals surface area contributed by atoms with Crippen molar-refractivity contribution < 1.29 is 24.2 Å². The van der Waals surface area contributed by atoms with Crippen molar-refractivity contribution in [3.8, 4) is 11.5 Å². The first-order valence-electron chi connectivity index (χ1n) is 6.20. The fourth-order valence-electron chi connectivity index (χ4n) is 2.66. The number of likely N-dealkylation sites (tertiary alicyclic amines) is 1. The molecule has 6 nitrogen and oxygen atoms in total. The third kappa shape index (κ3) is 2.17. The van der Waals surface area contributed by atoms with Gasteiger partial charge in [0, 0.05) is 19.0 Å². The van der Waals surface area contributed by atoms with E-state index in [0.717, 1.165) is 0 Å². The summed E-state index contributed by atoms with van der Waals surface area (Å²) in [6.07, 6.45) is -0.00311. The number of ether oxygens (including phenoxy) is 2. The predicted molar refractivity (Wildman–Crippen MR) is 70.8 cm³/mol. The topological polar surface area (TPSA) is 76.1 Å². The van der Waals surface area contributed by atoms with E-state index in [9.17, 15) is 14.7 Å². The highest BCUT2D eigenvalue weighted by Gasteiger charge is 2.44. The lowest BCUT2D eigenvalue weighted by molar-refractivity contribution is -0.142. The first-order chi connectivity index (χ1) is 9.51. The third-order valence-electron chi connectivity index (χ3n) is 3.66. The molecule has 1 N–H and O–H groups in total. The Hall–Kier alpha value is -2.24. The van der Waals surface area contributed by atoms with Gasteiger partial charge in [0.1, 0.15) is 0 Å². The van der Waals surface area contributed by atoms with Crippen molar-refractivity contribution in [2.45, 2.75) is 12.5 Å². The normalized spacial score (nSPS) is 21.9. The Balaban J connectivity index is 2.53. The van der Waals surface area contributed by atoms with Crippen LogP contribution in [-0.2, 0) is 9.59 Å². The summed E-state index contributed by atoms with van der Waals surface area (Å²) in [6, 6.07) is 4.70. The maximum absolute atomic E-state index is 11.8. The minimum absolute atomic E-state index is 0.00311. The van der Waals surface area contributed by atoms with Crippen molar-refractivity contribution >= 4 is 11.9 Å². The summed E-state index contributed by atoms with van der Waals surface area (Å²) in [5, 5.41) is 9.32. The fraction of sp³-hybridized carbons (Fsp3) is 0.429. The molecule has 6 heteroatoms. The molecule has 2 atom stereocenters. The quantitative estimate of drug-likeness (QED) is 0.899. The molecule has 1 aromatic carbocycles. The van der Waals surface area contributed by atoms with Crippen LogP contribution in [0.4, 0.5) is 0 Å². The number of para-hydroxylation sites is 1. The summed E-state index contributed by atoms with van der Waals surface area (Å²) in [6.45, 7) is 0. The van der Waals surface area contributed by atoms with Crippen LogP contribution in [0.3, 0.4) is 0 Å². The number of rotatable bonds is 4. The Morgan fingerprint density at radius 2 is 2.05 bits per heavy atom. The van der Waals surface area contributed by atoms with Gasteiger partial charge in [0.2, 0.25) is 5.91 Å². The van der Waals surface area contributed by atoms with E-state index in [1.54, 1.807) is 25.2 Å².